The van der Waals surface area contributed by atoms with Crippen molar-refractivity contribution in [2.75, 3.05) is 16.8 Å². The van der Waals surface area contributed by atoms with E-state index >= 15 is 0 Å². The number of hydrogen-bond donors (Lipinski definition) is 1. The predicted octanol–water partition coefficient (Wildman–Crippen LogP) is 1.37. The van der Waals surface area contributed by atoms with Gasteiger partial charge in [0.25, 0.3) is 0 Å². The highest BCUT2D eigenvalue weighted by atomic mass is 32.2. The van der Waals surface area contributed by atoms with E-state index in [9.17, 15) is 12.8 Å². The van der Waals surface area contributed by atoms with Gasteiger partial charge in [-0.3, -0.25) is 0 Å². The summed E-state index contributed by atoms with van der Waals surface area (Å²) in [4.78, 5) is 8.13. The van der Waals surface area contributed by atoms with Crippen LogP contribution in [0, 0.1) is 5.82 Å². The Bertz CT molecular complexity index is 733. The fourth-order valence-corrected chi connectivity index (χ4v) is 3.92. The molecule has 1 aliphatic heterocycles. The second kappa shape index (κ2) is 4.41. The topological polar surface area (TPSA) is 72.0 Å². The van der Waals surface area contributed by atoms with Crippen LogP contribution in [-0.2, 0) is 9.84 Å². The van der Waals surface area contributed by atoms with E-state index in [4.69, 9.17) is 0 Å². The molecule has 1 saturated heterocycles. The van der Waals surface area contributed by atoms with Crippen LogP contribution < -0.4 is 5.32 Å². The van der Waals surface area contributed by atoms with E-state index in [-0.39, 0.29) is 23.4 Å². The minimum atomic E-state index is -2.96. The summed E-state index contributed by atoms with van der Waals surface area (Å²) in [5, 5.41) is 3.63. The number of anilines is 1. The molecule has 1 atom stereocenters. The molecule has 5 nitrogen and oxygen atoms in total. The minimum absolute atomic E-state index is 0.0911. The zero-order valence-electron chi connectivity index (χ0n) is 10.0. The van der Waals surface area contributed by atoms with Crippen molar-refractivity contribution >= 4 is 26.6 Å². The van der Waals surface area contributed by atoms with Crippen LogP contribution in [0.3, 0.4) is 0 Å². The lowest BCUT2D eigenvalue weighted by atomic mass is 10.2. The number of rotatable bonds is 2. The summed E-state index contributed by atoms with van der Waals surface area (Å²) in [7, 11) is -2.96. The van der Waals surface area contributed by atoms with Crippen LogP contribution in [0.4, 0.5) is 10.2 Å². The summed E-state index contributed by atoms with van der Waals surface area (Å²) in [6.45, 7) is 0. The number of nitrogens with zero attached hydrogens (tertiary/aromatic N) is 2. The average Bonchev–Trinajstić information content (AvgIpc) is 2.69. The summed E-state index contributed by atoms with van der Waals surface area (Å²) in [6, 6.07) is 4.08. The van der Waals surface area contributed by atoms with Crippen LogP contribution in [0.15, 0.2) is 24.5 Å². The highest BCUT2D eigenvalue weighted by molar-refractivity contribution is 7.91. The molecular weight excluding hydrogens is 269 g/mol. The summed E-state index contributed by atoms with van der Waals surface area (Å²) in [5.74, 6) is 0.381. The average molecular weight is 281 g/mol. The number of nitrogens with one attached hydrogen (secondary N) is 1. The highest BCUT2D eigenvalue weighted by Crippen LogP contribution is 2.23. The molecule has 7 heteroatoms. The number of halogens is 1. The van der Waals surface area contributed by atoms with Crippen molar-refractivity contribution in [2.24, 2.45) is 0 Å². The van der Waals surface area contributed by atoms with Gasteiger partial charge in [-0.05, 0) is 24.6 Å². The van der Waals surface area contributed by atoms with E-state index in [2.05, 4.69) is 15.3 Å². The molecule has 3 rings (SSSR count). The van der Waals surface area contributed by atoms with Crippen molar-refractivity contribution in [1.82, 2.24) is 9.97 Å². The van der Waals surface area contributed by atoms with Gasteiger partial charge >= 0.3 is 0 Å². The summed E-state index contributed by atoms with van der Waals surface area (Å²) >= 11 is 0. The first-order chi connectivity index (χ1) is 9.03. The fraction of sp³-hybridized carbons (Fsp3) is 0.333. The minimum Gasteiger partial charge on any atom is -0.366 e. The van der Waals surface area contributed by atoms with E-state index in [1.807, 2.05) is 0 Å². The van der Waals surface area contributed by atoms with Gasteiger partial charge in [-0.15, -0.1) is 0 Å². The van der Waals surface area contributed by atoms with Gasteiger partial charge in [0.2, 0.25) is 0 Å². The number of sulfone groups is 1. The van der Waals surface area contributed by atoms with Gasteiger partial charge in [-0.1, -0.05) is 0 Å². The first-order valence-electron chi connectivity index (χ1n) is 5.91. The SMILES string of the molecule is O=S1(=O)CCC(Nc2ncnc3ccc(F)cc23)C1. The molecule has 0 aliphatic carbocycles. The molecule has 0 bridgehead atoms. The molecule has 1 N–H and O–H groups in total. The lowest BCUT2D eigenvalue weighted by Gasteiger charge is -2.13. The van der Waals surface area contributed by atoms with Gasteiger partial charge < -0.3 is 5.32 Å². The number of aromatic nitrogens is 2. The van der Waals surface area contributed by atoms with E-state index in [1.165, 1.54) is 18.5 Å². The zero-order chi connectivity index (χ0) is 13.5. The third-order valence-corrected chi connectivity index (χ3v) is 4.94. The van der Waals surface area contributed by atoms with Crippen molar-refractivity contribution < 1.29 is 12.8 Å². The smallest absolute Gasteiger partial charge is 0.152 e. The molecular formula is C12H12FN3O2S. The standard InChI is InChI=1S/C12H12FN3O2S/c13-8-1-2-11-10(5-8)12(15-7-14-11)16-9-3-4-19(17,18)6-9/h1-2,5,7,9H,3-4,6H2,(H,14,15,16). The van der Waals surface area contributed by atoms with Gasteiger partial charge in [0, 0.05) is 11.4 Å². The van der Waals surface area contributed by atoms with Crippen LogP contribution >= 0.6 is 0 Å². The molecule has 1 aromatic carbocycles. The van der Waals surface area contributed by atoms with Crippen LogP contribution in [0.5, 0.6) is 0 Å². The van der Waals surface area contributed by atoms with Gasteiger partial charge in [0.15, 0.2) is 9.84 Å². The van der Waals surface area contributed by atoms with Crippen molar-refractivity contribution in [3.05, 3.63) is 30.3 Å². The molecule has 0 radical (unpaired) electrons. The molecule has 0 spiro atoms. The summed E-state index contributed by atoms with van der Waals surface area (Å²) in [5.41, 5.74) is 0.625. The molecule has 2 aromatic rings. The summed E-state index contributed by atoms with van der Waals surface area (Å²) in [6.07, 6.45) is 1.93. The number of benzene rings is 1. The van der Waals surface area contributed by atoms with E-state index in [0.717, 1.165) is 0 Å². The molecule has 0 amide bonds. The Labute approximate surface area is 109 Å². The lowest BCUT2D eigenvalue weighted by Crippen LogP contribution is -2.21. The Hall–Kier alpha value is -1.76. The van der Waals surface area contributed by atoms with Gasteiger partial charge in [-0.2, -0.15) is 0 Å². The van der Waals surface area contributed by atoms with Gasteiger partial charge in [0.05, 0.1) is 17.0 Å². The van der Waals surface area contributed by atoms with E-state index in [1.54, 1.807) is 6.07 Å². The largest absolute Gasteiger partial charge is 0.366 e. The molecule has 1 fully saturated rings. The number of hydrogen-bond acceptors (Lipinski definition) is 5. The molecule has 1 aromatic heterocycles. The molecule has 100 valence electrons. The fourth-order valence-electron chi connectivity index (χ4n) is 2.25. The first-order valence-corrected chi connectivity index (χ1v) is 7.73. The third-order valence-electron chi connectivity index (χ3n) is 3.17. The maximum atomic E-state index is 13.3. The first kappa shape index (κ1) is 12.3. The van der Waals surface area contributed by atoms with Crippen molar-refractivity contribution in [2.45, 2.75) is 12.5 Å². The Morgan fingerprint density at radius 2 is 2.16 bits per heavy atom. The van der Waals surface area contributed by atoms with Gasteiger partial charge in [0.1, 0.15) is 18.0 Å². The van der Waals surface area contributed by atoms with Crippen LogP contribution in [0.25, 0.3) is 10.9 Å². The molecule has 1 aliphatic rings. The van der Waals surface area contributed by atoms with Gasteiger partial charge in [-0.25, -0.2) is 22.8 Å². The zero-order valence-corrected chi connectivity index (χ0v) is 10.8. The Kier molecular flexibility index (Phi) is 2.85. The molecule has 0 saturated carbocycles. The maximum absolute atomic E-state index is 13.3. The van der Waals surface area contributed by atoms with Crippen LogP contribution in [-0.4, -0.2) is 35.9 Å². The third kappa shape index (κ3) is 2.51. The monoisotopic (exact) mass is 281 g/mol. The number of fused-ring (bicyclic) bond motifs is 1. The Balaban J connectivity index is 1.95. The van der Waals surface area contributed by atoms with Crippen LogP contribution in [0.1, 0.15) is 6.42 Å². The molecule has 2 heterocycles. The summed E-state index contributed by atoms with van der Waals surface area (Å²) < 4.78 is 36.1. The maximum Gasteiger partial charge on any atom is 0.152 e. The van der Waals surface area contributed by atoms with Crippen molar-refractivity contribution in [1.29, 1.82) is 0 Å². The normalized spacial score (nSPS) is 21.6. The Morgan fingerprint density at radius 3 is 2.89 bits per heavy atom. The van der Waals surface area contributed by atoms with Crippen molar-refractivity contribution in [3.63, 3.8) is 0 Å². The predicted molar refractivity (Wildman–Crippen MR) is 70.2 cm³/mol. The highest BCUT2D eigenvalue weighted by Gasteiger charge is 2.28. The molecule has 19 heavy (non-hydrogen) atoms. The lowest BCUT2D eigenvalue weighted by molar-refractivity contribution is 0.602. The van der Waals surface area contributed by atoms with E-state index in [0.29, 0.717) is 23.1 Å². The second-order valence-corrected chi connectivity index (χ2v) is 6.86. The Morgan fingerprint density at radius 1 is 1.32 bits per heavy atom. The molecule has 1 unspecified atom stereocenters. The van der Waals surface area contributed by atoms with Crippen molar-refractivity contribution in [3.8, 4) is 0 Å². The van der Waals surface area contributed by atoms with E-state index < -0.39 is 9.84 Å². The quantitative estimate of drug-likeness (QED) is 0.900. The van der Waals surface area contributed by atoms with Crippen LogP contribution in [0.2, 0.25) is 0 Å². The second-order valence-electron chi connectivity index (χ2n) is 4.63.